The van der Waals surface area contributed by atoms with Crippen molar-refractivity contribution in [2.45, 2.75) is 32.9 Å². The number of amides is 1. The van der Waals surface area contributed by atoms with Crippen LogP contribution < -0.4 is 5.32 Å². The number of aromatic nitrogens is 2. The zero-order valence-electron chi connectivity index (χ0n) is 14.7. The minimum Gasteiger partial charge on any atom is -0.390 e. The van der Waals surface area contributed by atoms with Gasteiger partial charge in [0.2, 0.25) is 0 Å². The summed E-state index contributed by atoms with van der Waals surface area (Å²) in [5.41, 5.74) is 5.07. The first-order valence-corrected chi connectivity index (χ1v) is 8.57. The highest BCUT2D eigenvalue weighted by Gasteiger charge is 2.19. The number of rotatable bonds is 5. The third-order valence-electron chi connectivity index (χ3n) is 4.46. The number of carbonyl (C=O) groups is 1. The van der Waals surface area contributed by atoms with Gasteiger partial charge in [0.05, 0.1) is 6.10 Å². The highest BCUT2D eigenvalue weighted by Crippen LogP contribution is 2.20. The van der Waals surface area contributed by atoms with E-state index in [1.54, 1.807) is 6.07 Å². The first kappa shape index (κ1) is 17.5. The first-order chi connectivity index (χ1) is 12.0. The molecule has 6 heteroatoms. The van der Waals surface area contributed by atoms with Crippen LogP contribution in [0.15, 0.2) is 30.6 Å². The number of fused-ring (bicyclic) bond motifs is 1. The molecule has 0 saturated heterocycles. The van der Waals surface area contributed by atoms with Gasteiger partial charge in [0.15, 0.2) is 0 Å². The van der Waals surface area contributed by atoms with E-state index in [1.165, 1.54) is 23.0 Å². The van der Waals surface area contributed by atoms with Crippen LogP contribution in [0, 0.1) is 13.8 Å². The molecule has 132 valence electrons. The fraction of sp³-hybridized carbons (Fsp3) is 0.421. The zero-order valence-corrected chi connectivity index (χ0v) is 14.7. The molecule has 3 rings (SSSR count). The van der Waals surface area contributed by atoms with Gasteiger partial charge in [-0.3, -0.25) is 9.69 Å². The Labute approximate surface area is 147 Å². The predicted octanol–water partition coefficient (Wildman–Crippen LogP) is 1.24. The third kappa shape index (κ3) is 4.61. The molecular weight excluding hydrogens is 316 g/mol. The van der Waals surface area contributed by atoms with E-state index in [1.807, 2.05) is 6.92 Å². The van der Waals surface area contributed by atoms with Gasteiger partial charge in [0, 0.05) is 31.9 Å². The lowest BCUT2D eigenvalue weighted by molar-refractivity contribution is 0.0838. The van der Waals surface area contributed by atoms with Gasteiger partial charge >= 0.3 is 0 Å². The van der Waals surface area contributed by atoms with Crippen LogP contribution in [0.4, 0.5) is 0 Å². The molecule has 6 nitrogen and oxygen atoms in total. The Morgan fingerprint density at radius 2 is 2.12 bits per heavy atom. The van der Waals surface area contributed by atoms with Crippen LogP contribution in [-0.4, -0.2) is 51.6 Å². The van der Waals surface area contributed by atoms with Crippen molar-refractivity contribution in [1.82, 2.24) is 20.2 Å². The van der Waals surface area contributed by atoms with Crippen LogP contribution >= 0.6 is 0 Å². The smallest absolute Gasteiger partial charge is 0.270 e. The number of nitrogens with zero attached hydrogens (tertiary/aromatic N) is 3. The number of hydrogen-bond donors (Lipinski definition) is 2. The van der Waals surface area contributed by atoms with Gasteiger partial charge in [0.1, 0.15) is 12.0 Å². The number of aliphatic hydroxyl groups excluding tert-OH is 1. The summed E-state index contributed by atoms with van der Waals surface area (Å²) >= 11 is 0. The maximum atomic E-state index is 12.1. The standard InChI is InChI=1S/C19H24N4O2/c1-13-3-4-16-10-23(6-5-15(16)7-13)11-17(24)9-20-19(25)18-8-14(2)21-12-22-18/h3-4,7-8,12,17,24H,5-6,9-11H2,1-2H3,(H,20,25)/t17-/m0/s1. The number of aryl methyl sites for hydroxylation is 2. The van der Waals surface area contributed by atoms with Crippen molar-refractivity contribution in [3.63, 3.8) is 0 Å². The van der Waals surface area contributed by atoms with Crippen molar-refractivity contribution in [2.75, 3.05) is 19.6 Å². The van der Waals surface area contributed by atoms with Crippen LogP contribution in [0.3, 0.4) is 0 Å². The Hall–Kier alpha value is -2.31. The average molecular weight is 340 g/mol. The van der Waals surface area contributed by atoms with E-state index in [4.69, 9.17) is 0 Å². The Morgan fingerprint density at radius 3 is 2.92 bits per heavy atom. The van der Waals surface area contributed by atoms with Crippen molar-refractivity contribution in [3.8, 4) is 0 Å². The molecule has 0 radical (unpaired) electrons. The normalized spacial score (nSPS) is 15.5. The third-order valence-corrected chi connectivity index (χ3v) is 4.46. The molecular formula is C19H24N4O2. The minimum atomic E-state index is -0.612. The summed E-state index contributed by atoms with van der Waals surface area (Å²) in [6.45, 7) is 6.43. The number of hydrogen-bond acceptors (Lipinski definition) is 5. The lowest BCUT2D eigenvalue weighted by atomic mass is 9.97. The summed E-state index contributed by atoms with van der Waals surface area (Å²) in [5.74, 6) is -0.288. The van der Waals surface area contributed by atoms with E-state index in [-0.39, 0.29) is 12.5 Å². The van der Waals surface area contributed by atoms with Crippen molar-refractivity contribution < 1.29 is 9.90 Å². The molecule has 0 aliphatic carbocycles. The van der Waals surface area contributed by atoms with Crippen LogP contribution in [0.25, 0.3) is 0 Å². The fourth-order valence-electron chi connectivity index (χ4n) is 3.14. The maximum absolute atomic E-state index is 12.1. The second kappa shape index (κ2) is 7.72. The Kier molecular flexibility index (Phi) is 5.40. The number of nitrogens with one attached hydrogen (secondary N) is 1. The van der Waals surface area contributed by atoms with E-state index in [0.717, 1.165) is 25.2 Å². The van der Waals surface area contributed by atoms with Gasteiger partial charge in [-0.1, -0.05) is 23.8 Å². The summed E-state index contributed by atoms with van der Waals surface area (Å²) in [4.78, 5) is 22.2. The minimum absolute atomic E-state index is 0.207. The van der Waals surface area contributed by atoms with Crippen molar-refractivity contribution in [2.24, 2.45) is 0 Å². The van der Waals surface area contributed by atoms with Crippen LogP contribution in [0.2, 0.25) is 0 Å². The molecule has 25 heavy (non-hydrogen) atoms. The van der Waals surface area contributed by atoms with Crippen molar-refractivity contribution >= 4 is 5.91 Å². The zero-order chi connectivity index (χ0) is 17.8. The Morgan fingerprint density at radius 1 is 1.28 bits per heavy atom. The molecule has 0 fully saturated rings. The molecule has 1 aromatic carbocycles. The lowest BCUT2D eigenvalue weighted by Crippen LogP contribution is -2.42. The molecule has 0 bridgehead atoms. The van der Waals surface area contributed by atoms with Gasteiger partial charge in [0.25, 0.3) is 5.91 Å². The second-order valence-electron chi connectivity index (χ2n) is 6.67. The number of aliphatic hydroxyl groups is 1. The Bertz CT molecular complexity index is 763. The van der Waals surface area contributed by atoms with Crippen LogP contribution in [0.5, 0.6) is 0 Å². The van der Waals surface area contributed by atoms with Gasteiger partial charge < -0.3 is 10.4 Å². The van der Waals surface area contributed by atoms with Gasteiger partial charge in [-0.2, -0.15) is 0 Å². The van der Waals surface area contributed by atoms with Gasteiger partial charge in [-0.25, -0.2) is 9.97 Å². The van der Waals surface area contributed by atoms with Crippen LogP contribution in [-0.2, 0) is 13.0 Å². The van der Waals surface area contributed by atoms with Crippen molar-refractivity contribution in [1.29, 1.82) is 0 Å². The van der Waals surface area contributed by atoms with Gasteiger partial charge in [-0.15, -0.1) is 0 Å². The first-order valence-electron chi connectivity index (χ1n) is 8.57. The lowest BCUT2D eigenvalue weighted by Gasteiger charge is -2.30. The molecule has 1 amide bonds. The fourth-order valence-corrected chi connectivity index (χ4v) is 3.14. The summed E-state index contributed by atoms with van der Waals surface area (Å²) < 4.78 is 0. The quantitative estimate of drug-likeness (QED) is 0.856. The molecule has 2 aromatic rings. The summed E-state index contributed by atoms with van der Waals surface area (Å²) in [6.07, 6.45) is 1.75. The number of benzene rings is 1. The van der Waals surface area contributed by atoms with Crippen LogP contribution in [0.1, 0.15) is 32.9 Å². The molecule has 2 N–H and O–H groups in total. The summed E-state index contributed by atoms with van der Waals surface area (Å²) in [6, 6.07) is 8.17. The monoisotopic (exact) mass is 340 g/mol. The van der Waals surface area contributed by atoms with Gasteiger partial charge in [-0.05, 0) is 37.5 Å². The maximum Gasteiger partial charge on any atom is 0.270 e. The highest BCUT2D eigenvalue weighted by molar-refractivity contribution is 5.92. The van der Waals surface area contributed by atoms with E-state index in [2.05, 4.69) is 45.3 Å². The molecule has 1 atom stereocenters. The summed E-state index contributed by atoms with van der Waals surface area (Å²) in [7, 11) is 0. The topological polar surface area (TPSA) is 78.4 Å². The molecule has 1 aromatic heterocycles. The predicted molar refractivity (Wildman–Crippen MR) is 95.3 cm³/mol. The molecule has 0 spiro atoms. The number of carbonyl (C=O) groups excluding carboxylic acids is 1. The van der Waals surface area contributed by atoms with E-state index >= 15 is 0 Å². The second-order valence-corrected chi connectivity index (χ2v) is 6.67. The molecule has 2 heterocycles. The average Bonchev–Trinajstić information content (AvgIpc) is 2.60. The summed E-state index contributed by atoms with van der Waals surface area (Å²) in [5, 5.41) is 13.0. The van der Waals surface area contributed by atoms with Crippen molar-refractivity contribution in [3.05, 3.63) is 58.7 Å². The van der Waals surface area contributed by atoms with E-state index in [9.17, 15) is 9.90 Å². The largest absolute Gasteiger partial charge is 0.390 e. The number of β-amino-alcohol motifs (C(OH)–C–C–N with tert-alkyl or cyclic N) is 1. The highest BCUT2D eigenvalue weighted by atomic mass is 16.3. The molecule has 0 saturated carbocycles. The van der Waals surface area contributed by atoms with E-state index in [0.29, 0.717) is 12.2 Å². The van der Waals surface area contributed by atoms with E-state index < -0.39 is 6.10 Å². The SMILES string of the molecule is Cc1ccc2c(c1)CCN(C[C@@H](O)CNC(=O)c1cc(C)ncn1)C2. The molecule has 0 unspecified atom stereocenters. The Balaban J connectivity index is 1.49. The molecule has 1 aliphatic heterocycles. The molecule has 1 aliphatic rings.